The van der Waals surface area contributed by atoms with Gasteiger partial charge in [-0.3, -0.25) is 0 Å². The van der Waals surface area contributed by atoms with Gasteiger partial charge in [-0.25, -0.2) is 8.91 Å². The molecule has 4 rings (SSSR count). The number of thiol groups is 1. The van der Waals surface area contributed by atoms with Crippen LogP contribution in [0.1, 0.15) is 18.9 Å². The molecule has 0 saturated carbocycles. The molecule has 2 aromatic heterocycles. The molecule has 0 aliphatic carbocycles. The number of likely N-dealkylation sites (tertiary alicyclic amines) is 1. The molecule has 2 unspecified atom stereocenters. The summed E-state index contributed by atoms with van der Waals surface area (Å²) in [6, 6.07) is 5.33. The number of nitrogens with zero attached hydrogens (tertiary/aromatic N) is 4. The maximum Gasteiger partial charge on any atom is 0.416 e. The number of thiocarbonyl (C=S) groups is 1. The number of aromatic nitrogens is 3. The van der Waals surface area contributed by atoms with Crippen molar-refractivity contribution < 1.29 is 17.6 Å². The summed E-state index contributed by atoms with van der Waals surface area (Å²) in [6.07, 6.45) is -0.541. The van der Waals surface area contributed by atoms with E-state index in [0.29, 0.717) is 28.9 Å². The van der Waals surface area contributed by atoms with E-state index in [4.69, 9.17) is 17.6 Å². The molecule has 3 aromatic rings. The van der Waals surface area contributed by atoms with Crippen molar-refractivity contribution in [3.8, 4) is 11.1 Å². The highest BCUT2D eigenvalue weighted by molar-refractivity contribution is 7.84. The number of anilines is 1. The van der Waals surface area contributed by atoms with Gasteiger partial charge in [0.05, 0.1) is 16.6 Å². The number of alkyl halides is 3. The van der Waals surface area contributed by atoms with Crippen molar-refractivity contribution in [2.24, 2.45) is 5.92 Å². The van der Waals surface area contributed by atoms with Crippen LogP contribution < -0.4 is 5.32 Å². The molecule has 0 spiro atoms. The van der Waals surface area contributed by atoms with Gasteiger partial charge >= 0.3 is 6.18 Å². The van der Waals surface area contributed by atoms with Gasteiger partial charge in [0.25, 0.3) is 0 Å². The Balaban J connectivity index is 1.60. The van der Waals surface area contributed by atoms with Crippen LogP contribution in [0.4, 0.5) is 23.5 Å². The largest absolute Gasteiger partial charge is 0.416 e. The Labute approximate surface area is 210 Å². The van der Waals surface area contributed by atoms with E-state index in [0.717, 1.165) is 25.1 Å². The fraction of sp³-hybridized carbons (Fsp3) is 0.304. The minimum Gasteiger partial charge on any atom is -0.366 e. The van der Waals surface area contributed by atoms with Gasteiger partial charge in [0, 0.05) is 41.8 Å². The molecular formula is C23H22F4N6S2. The maximum atomic E-state index is 14.0. The lowest BCUT2D eigenvalue weighted by Gasteiger charge is -2.22. The second-order valence-corrected chi connectivity index (χ2v) is 9.07. The van der Waals surface area contributed by atoms with Crippen LogP contribution in [-0.4, -0.2) is 49.7 Å². The minimum absolute atomic E-state index is 0.0503. The third-order valence-electron chi connectivity index (χ3n) is 5.74. The lowest BCUT2D eigenvalue weighted by Crippen LogP contribution is -2.32. The second kappa shape index (κ2) is 9.94. The van der Waals surface area contributed by atoms with Crippen molar-refractivity contribution >= 4 is 47.5 Å². The molecule has 12 heteroatoms. The van der Waals surface area contributed by atoms with Crippen LogP contribution in [-0.2, 0) is 6.18 Å². The first-order chi connectivity index (χ1) is 16.5. The molecule has 1 aliphatic heterocycles. The average Bonchev–Trinajstić information content (AvgIpc) is 3.42. The summed E-state index contributed by atoms with van der Waals surface area (Å²) >= 11 is 9.72. The summed E-state index contributed by atoms with van der Waals surface area (Å²) in [5, 5.41) is 17.5. The van der Waals surface area contributed by atoms with Gasteiger partial charge in [-0.05, 0) is 55.3 Å². The number of pyridine rings is 1. The quantitative estimate of drug-likeness (QED) is 0.166. The molecule has 184 valence electrons. The van der Waals surface area contributed by atoms with E-state index in [1.165, 1.54) is 4.52 Å². The highest BCUT2D eigenvalue weighted by Crippen LogP contribution is 2.34. The van der Waals surface area contributed by atoms with Crippen LogP contribution in [0.3, 0.4) is 0 Å². The van der Waals surface area contributed by atoms with Gasteiger partial charge in [0.2, 0.25) is 5.95 Å². The van der Waals surface area contributed by atoms with E-state index in [1.54, 1.807) is 36.7 Å². The molecule has 2 N–H and O–H groups in total. The van der Waals surface area contributed by atoms with E-state index in [2.05, 4.69) is 32.9 Å². The van der Waals surface area contributed by atoms with Crippen molar-refractivity contribution in [1.82, 2.24) is 19.5 Å². The first-order valence-electron chi connectivity index (χ1n) is 10.7. The molecule has 2 atom stereocenters. The van der Waals surface area contributed by atoms with E-state index in [9.17, 15) is 17.6 Å². The van der Waals surface area contributed by atoms with Gasteiger partial charge in [0.15, 0.2) is 5.65 Å². The van der Waals surface area contributed by atoms with E-state index < -0.39 is 17.6 Å². The highest BCUT2D eigenvalue weighted by atomic mass is 32.1. The Hall–Kier alpha value is -2.99. The first kappa shape index (κ1) is 25.1. The highest BCUT2D eigenvalue weighted by Gasteiger charge is 2.32. The van der Waals surface area contributed by atoms with Crippen LogP contribution in [0, 0.1) is 17.1 Å². The van der Waals surface area contributed by atoms with Crippen molar-refractivity contribution in [2.75, 3.05) is 18.4 Å². The van der Waals surface area contributed by atoms with Crippen LogP contribution in [0.15, 0.2) is 47.6 Å². The summed E-state index contributed by atoms with van der Waals surface area (Å²) in [4.78, 5) is 6.53. The molecule has 0 amide bonds. The topological polar surface area (TPSA) is 69.3 Å². The molecule has 0 radical (unpaired) electrons. The van der Waals surface area contributed by atoms with Crippen LogP contribution in [0.2, 0.25) is 0 Å². The Kier molecular flexibility index (Phi) is 7.13. The number of nitrogens with one attached hydrogen (secondary N) is 2. The van der Waals surface area contributed by atoms with E-state index in [1.807, 2.05) is 0 Å². The predicted molar refractivity (Wildman–Crippen MR) is 135 cm³/mol. The molecular weight excluding hydrogens is 500 g/mol. The average molecular weight is 523 g/mol. The number of halogens is 4. The predicted octanol–water partition coefficient (Wildman–Crippen LogP) is 5.47. The zero-order valence-electron chi connectivity index (χ0n) is 18.6. The molecule has 6 nitrogen and oxygen atoms in total. The zero-order chi connectivity index (χ0) is 25.3. The summed E-state index contributed by atoms with van der Waals surface area (Å²) in [5.41, 5.74) is -0.0138. The number of hydrogen-bond acceptors (Lipinski definition) is 7. The second-order valence-electron chi connectivity index (χ2n) is 8.34. The van der Waals surface area contributed by atoms with Gasteiger partial charge in [-0.1, -0.05) is 12.2 Å². The minimum atomic E-state index is -4.68. The van der Waals surface area contributed by atoms with Crippen molar-refractivity contribution in [2.45, 2.75) is 25.6 Å². The van der Waals surface area contributed by atoms with Gasteiger partial charge in [-0.15, -0.1) is 17.7 Å². The molecule has 1 aliphatic rings. The summed E-state index contributed by atoms with van der Waals surface area (Å²) < 4.78 is 55.0. The number of fused-ring (bicyclic) bond motifs is 1. The van der Waals surface area contributed by atoms with E-state index >= 15 is 0 Å². The third-order valence-corrected chi connectivity index (χ3v) is 6.45. The lowest BCUT2D eigenvalue weighted by atomic mass is 10.0. The summed E-state index contributed by atoms with van der Waals surface area (Å²) in [5.74, 6) is -0.596. The zero-order valence-corrected chi connectivity index (χ0v) is 20.3. The number of benzene rings is 1. The summed E-state index contributed by atoms with van der Waals surface area (Å²) in [7, 11) is 0. The molecule has 1 aromatic carbocycles. The van der Waals surface area contributed by atoms with Crippen molar-refractivity contribution in [3.05, 3.63) is 59.0 Å². The Bertz CT molecular complexity index is 1300. The van der Waals surface area contributed by atoms with Crippen molar-refractivity contribution in [1.29, 1.82) is 5.41 Å². The Morgan fingerprint density at radius 3 is 2.80 bits per heavy atom. The van der Waals surface area contributed by atoms with Crippen molar-refractivity contribution in [3.63, 3.8) is 0 Å². The molecule has 1 fully saturated rings. The monoisotopic (exact) mass is 522 g/mol. The Morgan fingerprint density at radius 2 is 2.11 bits per heavy atom. The van der Waals surface area contributed by atoms with Crippen LogP contribution in [0.5, 0.6) is 0 Å². The van der Waals surface area contributed by atoms with Gasteiger partial charge < -0.3 is 15.6 Å². The third kappa shape index (κ3) is 5.64. The van der Waals surface area contributed by atoms with Crippen LogP contribution >= 0.6 is 24.8 Å². The van der Waals surface area contributed by atoms with Gasteiger partial charge in [-0.2, -0.15) is 18.2 Å². The van der Waals surface area contributed by atoms with E-state index in [-0.39, 0.29) is 29.1 Å². The number of rotatable bonds is 7. The lowest BCUT2D eigenvalue weighted by molar-refractivity contribution is -0.137. The smallest absolute Gasteiger partial charge is 0.366 e. The molecule has 1 saturated heterocycles. The fourth-order valence-corrected chi connectivity index (χ4v) is 4.75. The normalized spacial score (nSPS) is 17.6. The van der Waals surface area contributed by atoms with Gasteiger partial charge in [0.1, 0.15) is 5.82 Å². The van der Waals surface area contributed by atoms with Crippen LogP contribution in [0.25, 0.3) is 16.8 Å². The first-order valence-corrected chi connectivity index (χ1v) is 11.6. The number of allylic oxidation sites excluding steroid dienone is 1. The maximum absolute atomic E-state index is 14.0. The standard InChI is InChI=1S/C23H22F4N6S2/c1-13(28)7-20(35)32-6-4-14(11-32)19(12-34)29-22-30-21-18(3-2-5-33(21)31-22)15-8-16(23(25,26)27)10-17(24)9-15/h2-3,5,7-10,12,14,19,28,35H,4,6,11H2,1H3,(H,29,31)/b20-7-,28-13?. The fourth-order valence-electron chi connectivity index (χ4n) is 4.09. The Morgan fingerprint density at radius 1 is 1.34 bits per heavy atom. The molecule has 0 bridgehead atoms. The molecule has 3 heterocycles. The molecule has 35 heavy (non-hydrogen) atoms. The summed E-state index contributed by atoms with van der Waals surface area (Å²) in [6.45, 7) is 3.12. The number of hydrogen-bond donors (Lipinski definition) is 3. The SMILES string of the molecule is CC(=N)/C=C(\S)N1CCC(C(C=S)Nc2nc3c(-c4cc(F)cc(C(F)(F)F)c4)cccn3n2)C1.